The highest BCUT2D eigenvalue weighted by Gasteiger charge is 2.30. The topological polar surface area (TPSA) is 237 Å². The second kappa shape index (κ2) is 61.6. The van der Waals surface area contributed by atoms with Crippen LogP contribution < -0.4 is 0 Å². The molecule has 540 valence electrons. The largest absolute Gasteiger partial charge is 0.472 e. The minimum Gasteiger partial charge on any atom is -0.462 e. The third-order valence-electron chi connectivity index (χ3n) is 16.6. The van der Waals surface area contributed by atoms with Crippen molar-refractivity contribution in [3.05, 3.63) is 0 Å². The van der Waals surface area contributed by atoms with Crippen LogP contribution in [0.2, 0.25) is 0 Å². The average molecular weight is 1340 g/mol. The fourth-order valence-corrected chi connectivity index (χ4v) is 12.4. The van der Waals surface area contributed by atoms with Crippen molar-refractivity contribution in [1.82, 2.24) is 0 Å². The molecular weight excluding hydrogens is 1200 g/mol. The van der Waals surface area contributed by atoms with Gasteiger partial charge < -0.3 is 33.8 Å². The molecule has 0 aromatic heterocycles. The van der Waals surface area contributed by atoms with Crippen molar-refractivity contribution in [2.75, 3.05) is 39.6 Å². The Labute approximate surface area is 556 Å². The van der Waals surface area contributed by atoms with Gasteiger partial charge >= 0.3 is 39.5 Å². The van der Waals surface area contributed by atoms with E-state index in [-0.39, 0.29) is 25.7 Å². The summed E-state index contributed by atoms with van der Waals surface area (Å²) in [4.78, 5) is 72.5. The van der Waals surface area contributed by atoms with Crippen LogP contribution in [0.25, 0.3) is 0 Å². The van der Waals surface area contributed by atoms with Crippen molar-refractivity contribution in [3.63, 3.8) is 0 Å². The summed E-state index contributed by atoms with van der Waals surface area (Å²) in [6.45, 7) is 14.1. The van der Waals surface area contributed by atoms with Crippen molar-refractivity contribution in [2.24, 2.45) is 23.7 Å². The second-order valence-corrected chi connectivity index (χ2v) is 30.8. The van der Waals surface area contributed by atoms with Gasteiger partial charge in [-0.3, -0.25) is 37.3 Å². The molecule has 5 atom stereocenters. The van der Waals surface area contributed by atoms with Gasteiger partial charge in [0.1, 0.15) is 19.3 Å². The molecule has 0 saturated carbocycles. The summed E-state index contributed by atoms with van der Waals surface area (Å²) in [6, 6.07) is 0. The van der Waals surface area contributed by atoms with E-state index in [1.54, 1.807) is 0 Å². The molecule has 0 aliphatic heterocycles. The first-order valence-corrected chi connectivity index (χ1v) is 40.2. The normalized spacial score (nSPS) is 14.2. The van der Waals surface area contributed by atoms with Crippen molar-refractivity contribution >= 4 is 39.5 Å². The molecule has 0 aromatic rings. The summed E-state index contributed by atoms with van der Waals surface area (Å²) < 4.78 is 68.3. The zero-order chi connectivity index (χ0) is 67.5. The number of unbranched alkanes of at least 4 members (excludes halogenated alkanes) is 35. The van der Waals surface area contributed by atoms with Crippen molar-refractivity contribution in [2.45, 2.75) is 375 Å². The summed E-state index contributed by atoms with van der Waals surface area (Å²) in [5, 5.41) is 10.6. The van der Waals surface area contributed by atoms with Crippen LogP contribution in [0.5, 0.6) is 0 Å². The Balaban J connectivity index is 5.18. The standard InChI is InChI=1S/C72H140O17P2/c1-62(2)48-40-32-24-17-15-13-11-9-10-12-14-16-18-28-36-44-52-69(74)82-58-67(88-71(76)54-46-38-30-22-20-26-34-42-50-64(5)6)60-86-90(78,79)84-56-66(73)57-85-91(80,81)87-61-68(89-72(77)55-47-39-31-23-27-35-43-51-65(7)8)59-83-70(75)53-45-37-29-21-19-25-33-41-49-63(3)4/h62-68,73H,9-61H2,1-8H3,(H,78,79)(H,80,81)/t66?,67-,68-/m1/s1. The smallest absolute Gasteiger partial charge is 0.462 e. The van der Waals surface area contributed by atoms with Crippen LogP contribution in [0.4, 0.5) is 0 Å². The van der Waals surface area contributed by atoms with Crippen LogP contribution in [-0.2, 0) is 65.4 Å². The Morgan fingerprint density at radius 1 is 0.275 bits per heavy atom. The number of esters is 4. The van der Waals surface area contributed by atoms with Gasteiger partial charge in [-0.1, -0.05) is 306 Å². The van der Waals surface area contributed by atoms with Gasteiger partial charge in [-0.15, -0.1) is 0 Å². The van der Waals surface area contributed by atoms with E-state index >= 15 is 0 Å². The van der Waals surface area contributed by atoms with Crippen LogP contribution in [0.1, 0.15) is 357 Å². The number of hydrogen-bond donors (Lipinski definition) is 3. The van der Waals surface area contributed by atoms with E-state index in [2.05, 4.69) is 55.4 Å². The van der Waals surface area contributed by atoms with Crippen LogP contribution in [-0.4, -0.2) is 96.7 Å². The predicted octanol–water partition coefficient (Wildman–Crippen LogP) is 20.5. The fraction of sp³-hybridized carbons (Fsp3) is 0.944. The maximum absolute atomic E-state index is 13.0. The van der Waals surface area contributed by atoms with E-state index in [0.29, 0.717) is 31.6 Å². The number of carbonyl (C=O) groups is 4. The zero-order valence-corrected chi connectivity index (χ0v) is 61.3. The number of aliphatic hydroxyl groups excluding tert-OH is 1. The van der Waals surface area contributed by atoms with Gasteiger partial charge in [0.05, 0.1) is 26.4 Å². The number of phosphoric ester groups is 2. The number of hydrogen-bond acceptors (Lipinski definition) is 15. The Kier molecular flexibility index (Phi) is 60.3. The van der Waals surface area contributed by atoms with Gasteiger partial charge in [-0.25, -0.2) is 9.13 Å². The number of aliphatic hydroxyl groups is 1. The lowest BCUT2D eigenvalue weighted by molar-refractivity contribution is -0.161. The maximum Gasteiger partial charge on any atom is 0.472 e. The summed E-state index contributed by atoms with van der Waals surface area (Å²) in [5.41, 5.74) is 0. The Bertz CT molecular complexity index is 1800. The molecule has 0 radical (unpaired) electrons. The van der Waals surface area contributed by atoms with Crippen LogP contribution in [0.15, 0.2) is 0 Å². The monoisotopic (exact) mass is 1340 g/mol. The lowest BCUT2D eigenvalue weighted by Gasteiger charge is -2.21. The highest BCUT2D eigenvalue weighted by atomic mass is 31.2. The van der Waals surface area contributed by atoms with Crippen LogP contribution in [0, 0.1) is 23.7 Å². The zero-order valence-electron chi connectivity index (χ0n) is 59.5. The maximum atomic E-state index is 13.0. The Morgan fingerprint density at radius 2 is 0.462 bits per heavy atom. The summed E-state index contributed by atoms with van der Waals surface area (Å²) in [5.74, 6) is 0.822. The van der Waals surface area contributed by atoms with E-state index in [1.165, 1.54) is 161 Å². The highest BCUT2D eigenvalue weighted by Crippen LogP contribution is 2.45. The SMILES string of the molecule is CC(C)CCCCCCCCCCCCCCCCCCC(=O)OC[C@H](COP(=O)(O)OCC(O)COP(=O)(O)OC[C@@H](COC(=O)CCCCCCCCCCC(C)C)OC(=O)CCCCCCCCCC(C)C)OC(=O)CCCCCCCCCCC(C)C. The van der Waals surface area contributed by atoms with Gasteiger partial charge in [0.2, 0.25) is 0 Å². The first-order valence-electron chi connectivity index (χ1n) is 37.2. The summed E-state index contributed by atoms with van der Waals surface area (Å²) in [7, 11) is -9.90. The van der Waals surface area contributed by atoms with Gasteiger partial charge in [0, 0.05) is 25.7 Å². The van der Waals surface area contributed by atoms with Crippen molar-refractivity contribution < 1.29 is 80.2 Å². The average Bonchev–Trinajstić information content (AvgIpc) is 3.70. The molecule has 0 spiro atoms. The van der Waals surface area contributed by atoms with Gasteiger partial charge in [0.25, 0.3) is 0 Å². The van der Waals surface area contributed by atoms with Crippen molar-refractivity contribution in [3.8, 4) is 0 Å². The fourth-order valence-electron chi connectivity index (χ4n) is 10.8. The molecule has 3 N–H and O–H groups in total. The van der Waals surface area contributed by atoms with Gasteiger partial charge in [0.15, 0.2) is 12.2 Å². The Morgan fingerprint density at radius 3 is 0.681 bits per heavy atom. The first-order chi connectivity index (χ1) is 43.6. The van der Waals surface area contributed by atoms with E-state index in [1.807, 2.05) is 0 Å². The molecule has 17 nitrogen and oxygen atoms in total. The van der Waals surface area contributed by atoms with Gasteiger partial charge in [-0.2, -0.15) is 0 Å². The number of ether oxygens (including phenoxy) is 4. The number of carbonyl (C=O) groups excluding carboxylic acids is 4. The quantitative estimate of drug-likeness (QED) is 0.0222. The van der Waals surface area contributed by atoms with E-state index < -0.39 is 97.5 Å². The van der Waals surface area contributed by atoms with Crippen LogP contribution in [0.3, 0.4) is 0 Å². The summed E-state index contributed by atoms with van der Waals surface area (Å²) in [6.07, 6.45) is 44.7. The highest BCUT2D eigenvalue weighted by molar-refractivity contribution is 7.47. The van der Waals surface area contributed by atoms with Crippen LogP contribution >= 0.6 is 15.6 Å². The number of rotatable bonds is 69. The molecule has 0 heterocycles. The molecule has 0 bridgehead atoms. The molecule has 3 unspecified atom stereocenters. The minimum absolute atomic E-state index is 0.102. The molecule has 91 heavy (non-hydrogen) atoms. The molecule has 0 fully saturated rings. The molecule has 0 amide bonds. The molecule has 0 aliphatic carbocycles. The third-order valence-corrected chi connectivity index (χ3v) is 18.5. The lowest BCUT2D eigenvalue weighted by atomic mass is 10.0. The molecular formula is C72H140O17P2. The molecule has 19 heteroatoms. The molecule has 0 aromatic carbocycles. The van der Waals surface area contributed by atoms with Gasteiger partial charge in [-0.05, 0) is 49.4 Å². The first kappa shape index (κ1) is 89.1. The second-order valence-electron chi connectivity index (χ2n) is 27.9. The minimum atomic E-state index is -4.95. The predicted molar refractivity (Wildman–Crippen MR) is 367 cm³/mol. The van der Waals surface area contributed by atoms with E-state index in [0.717, 1.165) is 108 Å². The van der Waals surface area contributed by atoms with E-state index in [9.17, 15) is 43.2 Å². The van der Waals surface area contributed by atoms with E-state index in [4.69, 9.17) is 37.0 Å². The Hall–Kier alpha value is -1.94. The third kappa shape index (κ3) is 66.5. The summed E-state index contributed by atoms with van der Waals surface area (Å²) >= 11 is 0. The van der Waals surface area contributed by atoms with Crippen molar-refractivity contribution in [1.29, 1.82) is 0 Å². The lowest BCUT2D eigenvalue weighted by Crippen LogP contribution is -2.30. The number of phosphoric acid groups is 2. The molecule has 0 rings (SSSR count). The molecule has 0 saturated heterocycles. The molecule has 0 aliphatic rings.